The quantitative estimate of drug-likeness (QED) is 0.367. The van der Waals surface area contributed by atoms with Crippen molar-refractivity contribution in [2.45, 2.75) is 33.6 Å². The van der Waals surface area contributed by atoms with Gasteiger partial charge in [0.15, 0.2) is 0 Å². The topological polar surface area (TPSA) is 35.5 Å². The molecule has 0 fully saturated rings. The van der Waals surface area contributed by atoms with Crippen LogP contribution in [0.25, 0.3) is 5.57 Å². The van der Waals surface area contributed by atoms with E-state index >= 15 is 0 Å². The van der Waals surface area contributed by atoms with E-state index in [-0.39, 0.29) is 0 Å². The standard InChI is InChI=1S/C18H22O3/c1-6-7-8-9-15-10-13(2)14(3)11-16(15)17(12-20-4)18(19)21-5/h10-12H,6-7H2,1-5H3/b17-12+. The summed E-state index contributed by atoms with van der Waals surface area (Å²) in [7, 11) is 2.86. The predicted octanol–water partition coefficient (Wildman–Crippen LogP) is 3.62. The van der Waals surface area contributed by atoms with E-state index in [0.717, 1.165) is 35.1 Å². The minimum absolute atomic E-state index is 0.379. The first-order chi connectivity index (χ1) is 10.0. The van der Waals surface area contributed by atoms with Gasteiger partial charge in [-0.3, -0.25) is 0 Å². The molecule has 21 heavy (non-hydrogen) atoms. The van der Waals surface area contributed by atoms with E-state index in [1.165, 1.54) is 20.5 Å². The third-order valence-electron chi connectivity index (χ3n) is 3.16. The van der Waals surface area contributed by atoms with Crippen LogP contribution < -0.4 is 0 Å². The van der Waals surface area contributed by atoms with Gasteiger partial charge in [0.1, 0.15) is 5.57 Å². The smallest absolute Gasteiger partial charge is 0.341 e. The van der Waals surface area contributed by atoms with Crippen molar-refractivity contribution in [3.05, 3.63) is 40.6 Å². The van der Waals surface area contributed by atoms with E-state index in [4.69, 9.17) is 9.47 Å². The number of benzene rings is 1. The third kappa shape index (κ3) is 4.39. The van der Waals surface area contributed by atoms with Crippen LogP contribution in [0.3, 0.4) is 0 Å². The number of ether oxygens (including phenoxy) is 2. The molecule has 0 amide bonds. The van der Waals surface area contributed by atoms with E-state index in [2.05, 4.69) is 18.8 Å². The Morgan fingerprint density at radius 3 is 2.48 bits per heavy atom. The highest BCUT2D eigenvalue weighted by Gasteiger charge is 2.17. The zero-order valence-corrected chi connectivity index (χ0v) is 13.4. The summed E-state index contributed by atoms with van der Waals surface area (Å²) >= 11 is 0. The van der Waals surface area contributed by atoms with Gasteiger partial charge in [-0.1, -0.05) is 18.8 Å². The summed E-state index contributed by atoms with van der Waals surface area (Å²) in [4.78, 5) is 12.0. The monoisotopic (exact) mass is 286 g/mol. The number of hydrogen-bond donors (Lipinski definition) is 0. The largest absolute Gasteiger partial charge is 0.503 e. The minimum Gasteiger partial charge on any atom is -0.503 e. The highest BCUT2D eigenvalue weighted by atomic mass is 16.5. The summed E-state index contributed by atoms with van der Waals surface area (Å²) in [5.41, 5.74) is 4.18. The number of unbranched alkanes of at least 4 members (excludes halogenated alkanes) is 1. The molecule has 1 rings (SSSR count). The molecular weight excluding hydrogens is 264 g/mol. The average molecular weight is 286 g/mol. The molecule has 0 bridgehead atoms. The summed E-state index contributed by atoms with van der Waals surface area (Å²) in [5.74, 6) is 5.84. The summed E-state index contributed by atoms with van der Waals surface area (Å²) in [5, 5.41) is 0. The Morgan fingerprint density at radius 2 is 1.90 bits per heavy atom. The fraction of sp³-hybridized carbons (Fsp3) is 0.389. The van der Waals surface area contributed by atoms with Crippen molar-refractivity contribution in [2.75, 3.05) is 14.2 Å². The maximum atomic E-state index is 12.0. The van der Waals surface area contributed by atoms with Gasteiger partial charge in [-0.25, -0.2) is 4.79 Å². The van der Waals surface area contributed by atoms with Gasteiger partial charge in [0.05, 0.1) is 20.5 Å². The van der Waals surface area contributed by atoms with Crippen molar-refractivity contribution < 1.29 is 14.3 Å². The Morgan fingerprint density at radius 1 is 1.24 bits per heavy atom. The second kappa shape index (κ2) is 8.16. The fourth-order valence-corrected chi connectivity index (χ4v) is 1.87. The molecule has 3 heteroatoms. The molecule has 0 heterocycles. The zero-order chi connectivity index (χ0) is 15.8. The lowest BCUT2D eigenvalue weighted by molar-refractivity contribution is -0.133. The molecule has 1 aromatic rings. The van der Waals surface area contributed by atoms with Crippen LogP contribution in [0.15, 0.2) is 18.4 Å². The van der Waals surface area contributed by atoms with E-state index in [1.807, 2.05) is 26.0 Å². The SMILES string of the molecule is CCCC#Cc1cc(C)c(C)cc1/C(=C\OC)C(=O)OC. The maximum Gasteiger partial charge on any atom is 0.341 e. The normalized spacial score (nSPS) is 10.6. The Hall–Kier alpha value is -2.21. The molecule has 3 nitrogen and oxygen atoms in total. The van der Waals surface area contributed by atoms with Crippen LogP contribution in [0.5, 0.6) is 0 Å². The molecule has 0 atom stereocenters. The van der Waals surface area contributed by atoms with Gasteiger partial charge in [-0.2, -0.15) is 0 Å². The van der Waals surface area contributed by atoms with Gasteiger partial charge in [-0.15, -0.1) is 0 Å². The van der Waals surface area contributed by atoms with E-state index in [9.17, 15) is 4.79 Å². The first kappa shape index (κ1) is 16.8. The van der Waals surface area contributed by atoms with E-state index in [0.29, 0.717) is 5.57 Å². The lowest BCUT2D eigenvalue weighted by atomic mass is 9.95. The van der Waals surface area contributed by atoms with E-state index in [1.54, 1.807) is 0 Å². The Balaban J connectivity index is 3.44. The highest BCUT2D eigenvalue weighted by Crippen LogP contribution is 2.24. The molecule has 1 aromatic carbocycles. The fourth-order valence-electron chi connectivity index (χ4n) is 1.87. The molecule has 112 valence electrons. The van der Waals surface area contributed by atoms with Gasteiger partial charge in [0.25, 0.3) is 0 Å². The van der Waals surface area contributed by atoms with Crippen molar-refractivity contribution in [3.63, 3.8) is 0 Å². The third-order valence-corrected chi connectivity index (χ3v) is 3.16. The highest BCUT2D eigenvalue weighted by molar-refractivity contribution is 6.16. The number of carbonyl (C=O) groups is 1. The molecule has 0 aromatic heterocycles. The number of esters is 1. The van der Waals surface area contributed by atoms with Crippen LogP contribution in [-0.4, -0.2) is 20.2 Å². The molecule has 0 radical (unpaired) electrons. The second-order valence-corrected chi connectivity index (χ2v) is 4.79. The molecule has 0 unspecified atom stereocenters. The molecule has 0 spiro atoms. The van der Waals surface area contributed by atoms with Gasteiger partial charge >= 0.3 is 5.97 Å². The van der Waals surface area contributed by atoms with Gasteiger partial charge in [-0.05, 0) is 43.5 Å². The zero-order valence-electron chi connectivity index (χ0n) is 13.4. The Kier molecular flexibility index (Phi) is 6.55. The van der Waals surface area contributed by atoms with Gasteiger partial charge in [0.2, 0.25) is 0 Å². The van der Waals surface area contributed by atoms with Crippen molar-refractivity contribution in [1.29, 1.82) is 0 Å². The molecule has 0 aliphatic heterocycles. The van der Waals surface area contributed by atoms with Crippen LogP contribution in [0.1, 0.15) is 42.0 Å². The van der Waals surface area contributed by atoms with Crippen molar-refractivity contribution >= 4 is 11.5 Å². The molecule has 0 aliphatic rings. The summed E-state index contributed by atoms with van der Waals surface area (Å²) < 4.78 is 9.86. The summed E-state index contributed by atoms with van der Waals surface area (Å²) in [6.45, 7) is 6.12. The first-order valence-electron chi connectivity index (χ1n) is 6.96. The Labute approximate surface area is 127 Å². The number of rotatable bonds is 4. The summed E-state index contributed by atoms with van der Waals surface area (Å²) in [6.07, 6.45) is 3.24. The lowest BCUT2D eigenvalue weighted by Crippen LogP contribution is -2.07. The number of hydrogen-bond acceptors (Lipinski definition) is 3. The van der Waals surface area contributed by atoms with Crippen LogP contribution in [-0.2, 0) is 14.3 Å². The van der Waals surface area contributed by atoms with Crippen LogP contribution >= 0.6 is 0 Å². The molecule has 0 aliphatic carbocycles. The Bertz CT molecular complexity index is 601. The van der Waals surface area contributed by atoms with Crippen LogP contribution in [0.2, 0.25) is 0 Å². The number of carbonyl (C=O) groups excluding carboxylic acids is 1. The summed E-state index contributed by atoms with van der Waals surface area (Å²) in [6, 6.07) is 3.95. The van der Waals surface area contributed by atoms with Crippen LogP contribution in [0, 0.1) is 25.7 Å². The molecule has 0 saturated carbocycles. The van der Waals surface area contributed by atoms with Gasteiger partial charge < -0.3 is 9.47 Å². The molecular formula is C18H22O3. The molecule has 0 N–H and O–H groups in total. The second-order valence-electron chi connectivity index (χ2n) is 4.79. The molecule has 0 saturated heterocycles. The van der Waals surface area contributed by atoms with Gasteiger partial charge in [0, 0.05) is 17.5 Å². The van der Waals surface area contributed by atoms with E-state index < -0.39 is 5.97 Å². The average Bonchev–Trinajstić information content (AvgIpc) is 2.48. The number of aryl methyl sites for hydroxylation is 2. The van der Waals surface area contributed by atoms with Crippen LogP contribution in [0.4, 0.5) is 0 Å². The van der Waals surface area contributed by atoms with Crippen molar-refractivity contribution in [3.8, 4) is 11.8 Å². The minimum atomic E-state index is -0.432. The van der Waals surface area contributed by atoms with Crippen molar-refractivity contribution in [2.24, 2.45) is 0 Å². The van der Waals surface area contributed by atoms with Crippen molar-refractivity contribution in [1.82, 2.24) is 0 Å². The first-order valence-corrected chi connectivity index (χ1v) is 6.96. The number of methoxy groups -OCH3 is 2. The predicted molar refractivity (Wildman–Crippen MR) is 84.7 cm³/mol. The maximum absolute atomic E-state index is 12.0. The lowest BCUT2D eigenvalue weighted by Gasteiger charge is -2.11.